The van der Waals surface area contributed by atoms with Crippen LogP contribution in [-0.4, -0.2) is 28.8 Å². The molecule has 0 heterocycles. The molecule has 0 unspecified atom stereocenters. The quantitative estimate of drug-likeness (QED) is 0.643. The van der Waals surface area contributed by atoms with Gasteiger partial charge in [0.25, 0.3) is 0 Å². The zero-order valence-electron chi connectivity index (χ0n) is 19.3. The second-order valence-electron chi connectivity index (χ2n) is 8.30. The molecule has 162 valence electrons. The monoisotopic (exact) mass is 408 g/mol. The normalized spacial score (nSPS) is 12.9. The Labute approximate surface area is 181 Å². The van der Waals surface area contributed by atoms with Gasteiger partial charge in [-0.05, 0) is 62.8 Å². The molecule has 0 saturated heterocycles. The zero-order valence-corrected chi connectivity index (χ0v) is 19.3. The molecule has 0 aliphatic carbocycles. The second-order valence-corrected chi connectivity index (χ2v) is 8.30. The van der Waals surface area contributed by atoms with Crippen molar-refractivity contribution in [2.24, 2.45) is 0 Å². The summed E-state index contributed by atoms with van der Waals surface area (Å²) in [5, 5.41) is 3.07. The van der Waals surface area contributed by atoms with Crippen molar-refractivity contribution in [2.75, 3.05) is 0 Å². The van der Waals surface area contributed by atoms with Crippen molar-refractivity contribution in [1.82, 2.24) is 10.2 Å². The van der Waals surface area contributed by atoms with Crippen LogP contribution in [0.25, 0.3) is 0 Å². The molecule has 1 N–H and O–H groups in total. The first-order chi connectivity index (χ1) is 14.3. The Bertz CT molecular complexity index is 875. The number of aryl methyl sites for hydroxylation is 3. The van der Waals surface area contributed by atoms with Crippen molar-refractivity contribution in [3.8, 4) is 0 Å². The van der Waals surface area contributed by atoms with E-state index in [4.69, 9.17) is 0 Å². The molecule has 0 bridgehead atoms. The van der Waals surface area contributed by atoms with Crippen LogP contribution in [0.15, 0.2) is 42.5 Å². The average Bonchev–Trinajstić information content (AvgIpc) is 2.71. The number of rotatable bonds is 9. The minimum atomic E-state index is -0.490. The molecule has 2 rings (SSSR count). The van der Waals surface area contributed by atoms with E-state index in [2.05, 4.69) is 23.5 Å². The maximum Gasteiger partial charge on any atom is 0.243 e. The third-order valence-corrected chi connectivity index (χ3v) is 5.84. The summed E-state index contributed by atoms with van der Waals surface area (Å²) in [6, 6.07) is 13.8. The predicted molar refractivity (Wildman–Crippen MR) is 123 cm³/mol. The van der Waals surface area contributed by atoms with Gasteiger partial charge in [0.05, 0.1) is 6.42 Å². The number of nitrogens with zero attached hydrogens (tertiary/aromatic N) is 1. The largest absolute Gasteiger partial charge is 0.352 e. The van der Waals surface area contributed by atoms with E-state index in [1.54, 1.807) is 4.90 Å². The Balaban J connectivity index is 2.35. The third kappa shape index (κ3) is 6.19. The Morgan fingerprint density at radius 2 is 1.60 bits per heavy atom. The standard InChI is InChI=1S/C26H36N2O2/c1-7-21(6)27-26(30)24(8-2)28(17-22-12-10-9-11-19(22)4)25(29)16-23-15-18(3)13-14-20(23)5/h9-15,21,24H,7-8,16-17H2,1-6H3,(H,27,30)/t21-,24+/m1/s1. The molecular formula is C26H36N2O2. The molecule has 0 aliphatic rings. The van der Waals surface area contributed by atoms with E-state index in [0.717, 1.165) is 34.2 Å². The highest BCUT2D eigenvalue weighted by Crippen LogP contribution is 2.19. The summed E-state index contributed by atoms with van der Waals surface area (Å²) < 4.78 is 0. The van der Waals surface area contributed by atoms with Gasteiger partial charge < -0.3 is 10.2 Å². The highest BCUT2D eigenvalue weighted by atomic mass is 16.2. The topological polar surface area (TPSA) is 49.4 Å². The van der Waals surface area contributed by atoms with Crippen LogP contribution >= 0.6 is 0 Å². The molecule has 4 nitrogen and oxygen atoms in total. The molecule has 0 spiro atoms. The van der Waals surface area contributed by atoms with Crippen molar-refractivity contribution < 1.29 is 9.59 Å². The Morgan fingerprint density at radius 1 is 0.933 bits per heavy atom. The number of amides is 2. The minimum Gasteiger partial charge on any atom is -0.352 e. The van der Waals surface area contributed by atoms with E-state index >= 15 is 0 Å². The summed E-state index contributed by atoms with van der Waals surface area (Å²) in [6.07, 6.45) is 1.73. The number of carbonyl (C=O) groups excluding carboxylic acids is 2. The number of hydrogen-bond acceptors (Lipinski definition) is 2. The van der Waals surface area contributed by atoms with Crippen molar-refractivity contribution in [2.45, 2.75) is 79.4 Å². The molecule has 2 atom stereocenters. The van der Waals surface area contributed by atoms with Crippen LogP contribution in [0.1, 0.15) is 61.4 Å². The predicted octanol–water partition coefficient (Wildman–Crippen LogP) is 4.88. The first kappa shape index (κ1) is 23.7. The van der Waals surface area contributed by atoms with Gasteiger partial charge in [-0.15, -0.1) is 0 Å². The van der Waals surface area contributed by atoms with Crippen molar-refractivity contribution in [1.29, 1.82) is 0 Å². The lowest BCUT2D eigenvalue weighted by Crippen LogP contribution is -2.51. The smallest absolute Gasteiger partial charge is 0.243 e. The number of benzene rings is 2. The molecule has 4 heteroatoms. The maximum absolute atomic E-state index is 13.5. The van der Waals surface area contributed by atoms with E-state index in [0.29, 0.717) is 19.4 Å². The van der Waals surface area contributed by atoms with Crippen LogP contribution in [0.4, 0.5) is 0 Å². The summed E-state index contributed by atoms with van der Waals surface area (Å²) in [4.78, 5) is 28.3. The van der Waals surface area contributed by atoms with E-state index < -0.39 is 6.04 Å². The van der Waals surface area contributed by atoms with E-state index in [9.17, 15) is 9.59 Å². The van der Waals surface area contributed by atoms with Crippen molar-refractivity contribution >= 4 is 11.8 Å². The van der Waals surface area contributed by atoms with Gasteiger partial charge in [-0.1, -0.05) is 61.9 Å². The number of carbonyl (C=O) groups is 2. The number of nitrogens with one attached hydrogen (secondary N) is 1. The lowest BCUT2D eigenvalue weighted by Gasteiger charge is -2.32. The Kier molecular flexibility index (Phi) is 8.64. The summed E-state index contributed by atoms with van der Waals surface area (Å²) >= 11 is 0. The maximum atomic E-state index is 13.5. The summed E-state index contributed by atoms with van der Waals surface area (Å²) in [5.74, 6) is -0.0900. The molecule has 0 radical (unpaired) electrons. The van der Waals surface area contributed by atoms with Gasteiger partial charge in [-0.25, -0.2) is 0 Å². The lowest BCUT2D eigenvalue weighted by molar-refractivity contribution is -0.141. The summed E-state index contributed by atoms with van der Waals surface area (Å²) in [5.41, 5.74) is 5.45. The van der Waals surface area contributed by atoms with Crippen LogP contribution < -0.4 is 5.32 Å². The first-order valence-corrected chi connectivity index (χ1v) is 11.0. The van der Waals surface area contributed by atoms with Crippen LogP contribution in [0.3, 0.4) is 0 Å². The van der Waals surface area contributed by atoms with Gasteiger partial charge in [-0.3, -0.25) is 9.59 Å². The van der Waals surface area contributed by atoms with E-state index in [1.165, 1.54) is 0 Å². The summed E-state index contributed by atoms with van der Waals surface area (Å²) in [7, 11) is 0. The van der Waals surface area contributed by atoms with Crippen LogP contribution in [-0.2, 0) is 22.6 Å². The highest BCUT2D eigenvalue weighted by molar-refractivity contribution is 5.88. The molecular weight excluding hydrogens is 372 g/mol. The molecule has 2 amide bonds. The van der Waals surface area contributed by atoms with Crippen LogP contribution in [0.2, 0.25) is 0 Å². The van der Waals surface area contributed by atoms with E-state index in [-0.39, 0.29) is 17.9 Å². The Hall–Kier alpha value is -2.62. The van der Waals surface area contributed by atoms with Crippen LogP contribution in [0.5, 0.6) is 0 Å². The van der Waals surface area contributed by atoms with Gasteiger partial charge in [0.2, 0.25) is 11.8 Å². The molecule has 0 saturated carbocycles. The highest BCUT2D eigenvalue weighted by Gasteiger charge is 2.29. The number of hydrogen-bond donors (Lipinski definition) is 1. The molecule has 30 heavy (non-hydrogen) atoms. The van der Waals surface area contributed by atoms with Gasteiger partial charge in [0.1, 0.15) is 6.04 Å². The minimum absolute atomic E-state index is 0.0156. The lowest BCUT2D eigenvalue weighted by atomic mass is 10.0. The zero-order chi connectivity index (χ0) is 22.3. The average molecular weight is 409 g/mol. The molecule has 0 aromatic heterocycles. The van der Waals surface area contributed by atoms with Crippen LogP contribution in [0, 0.1) is 20.8 Å². The van der Waals surface area contributed by atoms with Gasteiger partial charge in [-0.2, -0.15) is 0 Å². The van der Waals surface area contributed by atoms with Crippen molar-refractivity contribution in [3.63, 3.8) is 0 Å². The Morgan fingerprint density at radius 3 is 2.23 bits per heavy atom. The van der Waals surface area contributed by atoms with Gasteiger partial charge >= 0.3 is 0 Å². The molecule has 0 fully saturated rings. The fourth-order valence-electron chi connectivity index (χ4n) is 3.59. The SMILES string of the molecule is CC[C@@H](C)NC(=O)[C@H](CC)N(Cc1ccccc1C)C(=O)Cc1cc(C)ccc1C. The molecule has 2 aromatic rings. The fourth-order valence-corrected chi connectivity index (χ4v) is 3.59. The molecule has 0 aliphatic heterocycles. The first-order valence-electron chi connectivity index (χ1n) is 11.0. The third-order valence-electron chi connectivity index (χ3n) is 5.84. The van der Waals surface area contributed by atoms with Crippen molar-refractivity contribution in [3.05, 3.63) is 70.3 Å². The van der Waals surface area contributed by atoms with E-state index in [1.807, 2.05) is 65.8 Å². The van der Waals surface area contributed by atoms with Gasteiger partial charge in [0.15, 0.2) is 0 Å². The van der Waals surface area contributed by atoms with Gasteiger partial charge in [0, 0.05) is 12.6 Å². The second kappa shape index (κ2) is 11.0. The summed E-state index contributed by atoms with van der Waals surface area (Å²) in [6.45, 7) is 12.5. The fraction of sp³-hybridized carbons (Fsp3) is 0.462. The molecule has 2 aromatic carbocycles.